The Hall–Kier alpha value is -3.02. The van der Waals surface area contributed by atoms with Crippen molar-refractivity contribution in [3.63, 3.8) is 0 Å². The van der Waals surface area contributed by atoms with Crippen LogP contribution >= 0.6 is 0 Å². The van der Waals surface area contributed by atoms with Gasteiger partial charge in [-0.3, -0.25) is 0 Å². The first-order valence-corrected chi connectivity index (χ1v) is 13.7. The van der Waals surface area contributed by atoms with Gasteiger partial charge in [0.1, 0.15) is 11.5 Å². The number of hydrogen-bond donors (Lipinski definition) is 2. The van der Waals surface area contributed by atoms with E-state index in [9.17, 15) is 9.59 Å². The molecular formula is C30H36N2O4. The summed E-state index contributed by atoms with van der Waals surface area (Å²) in [4.78, 5) is 27.0. The Bertz CT molecular complexity index is 1210. The molecule has 4 atom stereocenters. The van der Waals surface area contributed by atoms with Crippen LogP contribution in [-0.4, -0.2) is 18.5 Å². The standard InChI is InChI=1S/C30H36N2O4/c1-3-5-7-22-20-10-9-19-18-11-13-30(26(19)25(20)28(33)35-22)23(8-6-4-2)36-29(34)27(30)21(18)15-17-12-14-32-24(31)16-17/h7-8,12,16,18-19,26,32H,3-6,9-11,13-15,31H2,1-2H3. The molecule has 190 valence electrons. The minimum Gasteiger partial charge on any atom is -0.427 e. The lowest BCUT2D eigenvalue weighted by molar-refractivity contribution is -0.135. The zero-order chi connectivity index (χ0) is 25.0. The van der Waals surface area contributed by atoms with Crippen molar-refractivity contribution in [2.45, 2.75) is 71.6 Å². The number of fused-ring (bicyclic) bond motifs is 1. The second-order valence-electron chi connectivity index (χ2n) is 11.0. The van der Waals surface area contributed by atoms with Gasteiger partial charge in [0.05, 0.1) is 16.8 Å². The molecular weight excluding hydrogens is 452 g/mol. The van der Waals surface area contributed by atoms with E-state index >= 15 is 0 Å². The van der Waals surface area contributed by atoms with E-state index in [0.29, 0.717) is 24.7 Å². The van der Waals surface area contributed by atoms with Crippen LogP contribution in [0.5, 0.6) is 0 Å². The van der Waals surface area contributed by atoms with Gasteiger partial charge in [-0.2, -0.15) is 0 Å². The average molecular weight is 489 g/mol. The lowest BCUT2D eigenvalue weighted by Crippen LogP contribution is -2.52. The molecule has 0 aromatic carbocycles. The predicted octanol–water partition coefficient (Wildman–Crippen LogP) is 5.22. The number of nitrogens with two attached hydrogens (primary N) is 1. The topological polar surface area (TPSA) is 90.6 Å². The molecule has 7 aliphatic rings. The Labute approximate surface area is 213 Å². The summed E-state index contributed by atoms with van der Waals surface area (Å²) in [7, 11) is 0. The first-order chi connectivity index (χ1) is 17.5. The molecule has 4 aliphatic carbocycles. The van der Waals surface area contributed by atoms with E-state index in [1.807, 2.05) is 6.08 Å². The minimum absolute atomic E-state index is 0.0593. The first-order valence-electron chi connectivity index (χ1n) is 13.7. The summed E-state index contributed by atoms with van der Waals surface area (Å²) < 4.78 is 12.0. The van der Waals surface area contributed by atoms with Crippen molar-refractivity contribution in [1.82, 2.24) is 5.32 Å². The molecule has 2 fully saturated rings. The highest BCUT2D eigenvalue weighted by Gasteiger charge is 2.68. The van der Waals surface area contributed by atoms with E-state index in [1.165, 1.54) is 5.57 Å². The third kappa shape index (κ3) is 3.29. The maximum Gasteiger partial charge on any atom is 0.340 e. The molecule has 0 radical (unpaired) electrons. The van der Waals surface area contributed by atoms with Gasteiger partial charge < -0.3 is 20.5 Å². The van der Waals surface area contributed by atoms with Crippen molar-refractivity contribution >= 4 is 11.9 Å². The number of dihydropyridines is 1. The van der Waals surface area contributed by atoms with Crippen molar-refractivity contribution in [3.05, 3.63) is 69.5 Å². The number of nitrogens with one attached hydrogen (secondary N) is 1. The molecule has 2 bridgehead atoms. The summed E-state index contributed by atoms with van der Waals surface area (Å²) in [5.74, 6) is 2.27. The fourth-order valence-electron chi connectivity index (χ4n) is 7.79. The third-order valence-electron chi connectivity index (χ3n) is 9.11. The number of cyclic esters (lactones) is 2. The molecule has 0 aromatic heterocycles. The van der Waals surface area contributed by atoms with E-state index < -0.39 is 5.41 Å². The zero-order valence-electron chi connectivity index (χ0n) is 21.3. The Morgan fingerprint density at radius 3 is 2.69 bits per heavy atom. The largest absolute Gasteiger partial charge is 0.427 e. The molecule has 6 heteroatoms. The van der Waals surface area contributed by atoms with Gasteiger partial charge in [-0.1, -0.05) is 38.3 Å². The first kappa shape index (κ1) is 23.4. The van der Waals surface area contributed by atoms with Crippen LogP contribution in [0.2, 0.25) is 0 Å². The summed E-state index contributed by atoms with van der Waals surface area (Å²) in [6, 6.07) is 0. The zero-order valence-corrected chi connectivity index (χ0v) is 21.3. The molecule has 1 saturated carbocycles. The summed E-state index contributed by atoms with van der Waals surface area (Å²) in [5, 5.41) is 3.14. The average Bonchev–Trinajstić information content (AvgIpc) is 3.35. The van der Waals surface area contributed by atoms with Crippen molar-refractivity contribution < 1.29 is 19.1 Å². The van der Waals surface area contributed by atoms with Crippen molar-refractivity contribution in [1.29, 1.82) is 0 Å². The number of carbonyl (C=O) groups excluding carboxylic acids is 2. The highest BCUT2D eigenvalue weighted by atomic mass is 16.5. The van der Waals surface area contributed by atoms with Gasteiger partial charge >= 0.3 is 11.9 Å². The van der Waals surface area contributed by atoms with E-state index in [4.69, 9.17) is 15.2 Å². The molecule has 3 aliphatic heterocycles. The van der Waals surface area contributed by atoms with Crippen LogP contribution in [0.15, 0.2) is 69.5 Å². The maximum absolute atomic E-state index is 13.6. The van der Waals surface area contributed by atoms with Crippen LogP contribution in [0.1, 0.15) is 71.6 Å². The van der Waals surface area contributed by atoms with Crippen LogP contribution in [0.25, 0.3) is 0 Å². The SMILES string of the molecule is CCCC=C1OC(=O)C2=C1CCC1C3CCC4(C(=CCCC)OC(=O)C4=C3CC3=CCNC(N)=C3)C21. The Balaban J connectivity index is 1.53. The van der Waals surface area contributed by atoms with Gasteiger partial charge in [0.25, 0.3) is 0 Å². The lowest BCUT2D eigenvalue weighted by atomic mass is 9.44. The van der Waals surface area contributed by atoms with Crippen LogP contribution < -0.4 is 11.1 Å². The number of rotatable bonds is 6. The lowest BCUT2D eigenvalue weighted by Gasteiger charge is -2.56. The van der Waals surface area contributed by atoms with Crippen LogP contribution in [0.3, 0.4) is 0 Å². The van der Waals surface area contributed by atoms with E-state index in [0.717, 1.165) is 85.2 Å². The Kier molecular flexibility index (Phi) is 5.73. The second kappa shape index (κ2) is 8.82. The number of unbranched alkanes of at least 4 members (excludes halogenated alkanes) is 2. The third-order valence-corrected chi connectivity index (χ3v) is 9.11. The number of esters is 2. The Morgan fingerprint density at radius 1 is 1.11 bits per heavy atom. The smallest absolute Gasteiger partial charge is 0.340 e. The number of allylic oxidation sites excluding steroid dienone is 7. The van der Waals surface area contributed by atoms with E-state index in [1.54, 1.807) is 0 Å². The molecule has 3 N–H and O–H groups in total. The fraction of sp³-hybridized carbons (Fsp3) is 0.533. The van der Waals surface area contributed by atoms with E-state index in [2.05, 4.69) is 37.4 Å². The molecule has 6 nitrogen and oxygen atoms in total. The van der Waals surface area contributed by atoms with Gasteiger partial charge in [-0.15, -0.1) is 0 Å². The predicted molar refractivity (Wildman–Crippen MR) is 137 cm³/mol. The summed E-state index contributed by atoms with van der Waals surface area (Å²) in [6.07, 6.45) is 16.5. The van der Waals surface area contributed by atoms with Crippen LogP contribution in [-0.2, 0) is 19.1 Å². The molecule has 0 amide bonds. The second-order valence-corrected chi connectivity index (χ2v) is 11.0. The van der Waals surface area contributed by atoms with Crippen molar-refractivity contribution in [2.75, 3.05) is 6.54 Å². The summed E-state index contributed by atoms with van der Waals surface area (Å²) >= 11 is 0. The number of ether oxygens (including phenoxy) is 2. The van der Waals surface area contributed by atoms with Crippen LogP contribution in [0, 0.1) is 23.2 Å². The van der Waals surface area contributed by atoms with Gasteiger partial charge in [0.15, 0.2) is 0 Å². The highest BCUT2D eigenvalue weighted by molar-refractivity contribution is 6.00. The van der Waals surface area contributed by atoms with E-state index in [-0.39, 0.29) is 23.8 Å². The monoisotopic (exact) mass is 488 g/mol. The van der Waals surface area contributed by atoms with Gasteiger partial charge in [0.2, 0.25) is 0 Å². The molecule has 0 aromatic rings. The van der Waals surface area contributed by atoms with Gasteiger partial charge in [0, 0.05) is 23.6 Å². The maximum atomic E-state index is 13.6. The van der Waals surface area contributed by atoms with Gasteiger partial charge in [-0.25, -0.2) is 9.59 Å². The van der Waals surface area contributed by atoms with Crippen molar-refractivity contribution in [2.24, 2.45) is 28.9 Å². The molecule has 7 rings (SSSR count). The summed E-state index contributed by atoms with van der Waals surface area (Å²) in [6.45, 7) is 4.96. The normalized spacial score (nSPS) is 34.8. The van der Waals surface area contributed by atoms with Crippen LogP contribution in [0.4, 0.5) is 0 Å². The van der Waals surface area contributed by atoms with Gasteiger partial charge in [-0.05, 0) is 80.6 Å². The number of hydrogen-bond acceptors (Lipinski definition) is 6. The quantitative estimate of drug-likeness (QED) is 0.499. The molecule has 1 spiro atoms. The fourth-order valence-corrected chi connectivity index (χ4v) is 7.79. The molecule has 1 saturated heterocycles. The highest BCUT2D eigenvalue weighted by Crippen LogP contribution is 2.70. The van der Waals surface area contributed by atoms with Crippen molar-refractivity contribution in [3.8, 4) is 0 Å². The number of carbonyl (C=O) groups is 2. The Morgan fingerprint density at radius 2 is 1.92 bits per heavy atom. The molecule has 4 unspecified atom stereocenters. The molecule has 36 heavy (non-hydrogen) atoms. The summed E-state index contributed by atoms with van der Waals surface area (Å²) in [5.41, 5.74) is 10.6. The minimum atomic E-state index is -0.566. The molecule has 3 heterocycles.